The molecule has 0 saturated carbocycles. The molecule has 0 aliphatic rings. The van der Waals surface area contributed by atoms with Gasteiger partial charge in [-0.2, -0.15) is 0 Å². The van der Waals surface area contributed by atoms with Crippen LogP contribution in [0.5, 0.6) is 0 Å². The summed E-state index contributed by atoms with van der Waals surface area (Å²) in [7, 11) is -3.78. The van der Waals surface area contributed by atoms with Gasteiger partial charge in [0.25, 0.3) is 0 Å². The van der Waals surface area contributed by atoms with E-state index < -0.39 is 10.0 Å². The van der Waals surface area contributed by atoms with Gasteiger partial charge in [0, 0.05) is 14.9 Å². The van der Waals surface area contributed by atoms with Crippen LogP contribution in [0.25, 0.3) is 21.7 Å². The molecule has 0 fully saturated rings. The summed E-state index contributed by atoms with van der Waals surface area (Å²) >= 11 is 6.49. The van der Waals surface area contributed by atoms with Gasteiger partial charge in [-0.25, -0.2) is 22.9 Å². The van der Waals surface area contributed by atoms with Crippen molar-refractivity contribution in [3.8, 4) is 21.7 Å². The Bertz CT molecular complexity index is 1310. The average molecular weight is 521 g/mol. The summed E-state index contributed by atoms with van der Waals surface area (Å²) < 4.78 is 38.3. The number of rotatable bonds is 5. The van der Waals surface area contributed by atoms with Crippen LogP contribution in [0.3, 0.4) is 0 Å². The van der Waals surface area contributed by atoms with Crippen molar-refractivity contribution in [3.63, 3.8) is 0 Å². The third kappa shape index (κ3) is 4.81. The van der Waals surface area contributed by atoms with Gasteiger partial charge in [0.1, 0.15) is 5.82 Å². The lowest BCUT2D eigenvalue weighted by atomic mass is 10.1. The molecule has 0 bridgehead atoms. The first-order chi connectivity index (χ1) is 14.3. The Balaban J connectivity index is 1.79. The van der Waals surface area contributed by atoms with Gasteiger partial charge >= 0.3 is 0 Å². The number of benzene rings is 3. The lowest BCUT2D eigenvalue weighted by Crippen LogP contribution is -2.11. The third-order valence-electron chi connectivity index (χ3n) is 4.17. The van der Waals surface area contributed by atoms with Crippen molar-refractivity contribution in [1.82, 2.24) is 4.98 Å². The minimum Gasteiger partial charge on any atom is -0.229 e. The average Bonchev–Trinajstić information content (AvgIpc) is 3.12. The molecule has 0 saturated heterocycles. The molecule has 0 atom stereocenters. The van der Waals surface area contributed by atoms with E-state index in [2.05, 4.69) is 15.9 Å². The molecule has 4 rings (SSSR count). The van der Waals surface area contributed by atoms with Crippen LogP contribution in [-0.2, 0) is 10.0 Å². The second kappa shape index (κ2) is 8.60. The molecule has 3 aromatic carbocycles. The van der Waals surface area contributed by atoms with Crippen LogP contribution in [0.4, 0.5) is 4.39 Å². The lowest BCUT2D eigenvalue weighted by Gasteiger charge is -2.04. The number of hydrogen-bond acceptors (Lipinski definition) is 5. The topological polar surface area (TPSA) is 73.1 Å². The molecule has 2 N–H and O–H groups in total. The van der Waals surface area contributed by atoms with Gasteiger partial charge in [0.15, 0.2) is 4.34 Å². The maximum absolute atomic E-state index is 13.4. The van der Waals surface area contributed by atoms with Gasteiger partial charge in [-0.05, 0) is 48.0 Å². The zero-order valence-electron chi connectivity index (χ0n) is 15.2. The van der Waals surface area contributed by atoms with E-state index in [4.69, 9.17) is 10.1 Å². The summed E-state index contributed by atoms with van der Waals surface area (Å²) in [5, 5.41) is 5.20. The number of sulfonamides is 1. The highest BCUT2D eigenvalue weighted by Gasteiger charge is 2.17. The van der Waals surface area contributed by atoms with Crippen molar-refractivity contribution in [2.24, 2.45) is 5.14 Å². The van der Waals surface area contributed by atoms with Crippen molar-refractivity contribution in [1.29, 1.82) is 0 Å². The Kier molecular flexibility index (Phi) is 6.08. The van der Waals surface area contributed by atoms with Crippen molar-refractivity contribution in [2.75, 3.05) is 0 Å². The predicted molar refractivity (Wildman–Crippen MR) is 123 cm³/mol. The van der Waals surface area contributed by atoms with Crippen LogP contribution < -0.4 is 5.14 Å². The molecule has 0 amide bonds. The second-order valence-corrected chi connectivity index (χ2v) is 11.1. The molecule has 0 unspecified atom stereocenters. The van der Waals surface area contributed by atoms with E-state index in [9.17, 15) is 12.8 Å². The smallest absolute Gasteiger partial charge is 0.229 e. The van der Waals surface area contributed by atoms with Gasteiger partial charge in [-0.1, -0.05) is 58.0 Å². The van der Waals surface area contributed by atoms with E-state index in [0.29, 0.717) is 5.69 Å². The first-order valence-corrected chi connectivity index (χ1v) is 12.6. The Morgan fingerprint density at radius 3 is 2.27 bits per heavy atom. The van der Waals surface area contributed by atoms with Crippen LogP contribution in [0.15, 0.2) is 91.4 Å². The molecule has 1 heterocycles. The number of thiazole rings is 1. The third-order valence-corrected chi connectivity index (χ3v) is 7.75. The fraction of sp³-hybridized carbons (Fsp3) is 0. The van der Waals surface area contributed by atoms with E-state index in [1.807, 2.05) is 24.3 Å². The van der Waals surface area contributed by atoms with Crippen molar-refractivity contribution < 1.29 is 12.8 Å². The maximum Gasteiger partial charge on any atom is 0.238 e. The molecule has 9 heteroatoms. The van der Waals surface area contributed by atoms with Gasteiger partial charge in [0.05, 0.1) is 15.5 Å². The quantitative estimate of drug-likeness (QED) is 0.341. The number of halogens is 2. The van der Waals surface area contributed by atoms with Crippen LogP contribution in [-0.4, -0.2) is 13.4 Å². The predicted octanol–water partition coefficient (Wildman–Crippen LogP) is 6.18. The molecule has 4 aromatic rings. The fourth-order valence-corrected chi connectivity index (χ4v) is 6.04. The Hall–Kier alpha value is -2.04. The Morgan fingerprint density at radius 2 is 1.63 bits per heavy atom. The first-order valence-electron chi connectivity index (χ1n) is 8.63. The normalized spacial score (nSPS) is 11.6. The van der Waals surface area contributed by atoms with E-state index in [0.717, 1.165) is 29.7 Å². The summed E-state index contributed by atoms with van der Waals surface area (Å²) in [6.07, 6.45) is 0. The second-order valence-electron chi connectivity index (χ2n) is 6.29. The number of nitrogens with zero attached hydrogens (tertiary/aromatic N) is 1. The van der Waals surface area contributed by atoms with Crippen LogP contribution in [0, 0.1) is 5.82 Å². The maximum atomic E-state index is 13.4. The Labute approximate surface area is 190 Å². The van der Waals surface area contributed by atoms with Crippen molar-refractivity contribution >= 4 is 49.1 Å². The number of aromatic nitrogens is 1. The lowest BCUT2D eigenvalue weighted by molar-refractivity contribution is 0.598. The highest BCUT2D eigenvalue weighted by Crippen LogP contribution is 2.42. The zero-order chi connectivity index (χ0) is 21.3. The molecule has 30 heavy (non-hydrogen) atoms. The summed E-state index contributed by atoms with van der Waals surface area (Å²) in [6, 6.07) is 20.4. The number of nitrogens with two attached hydrogens (primary N) is 1. The summed E-state index contributed by atoms with van der Waals surface area (Å²) in [5.74, 6) is -0.314. The zero-order valence-corrected chi connectivity index (χ0v) is 19.3. The summed E-state index contributed by atoms with van der Waals surface area (Å²) in [6.45, 7) is 0. The van der Waals surface area contributed by atoms with Crippen molar-refractivity contribution in [2.45, 2.75) is 14.1 Å². The number of hydrogen-bond donors (Lipinski definition) is 1. The molecule has 0 aliphatic carbocycles. The van der Waals surface area contributed by atoms with E-state index in [1.165, 1.54) is 47.4 Å². The highest BCUT2D eigenvalue weighted by atomic mass is 79.9. The largest absolute Gasteiger partial charge is 0.238 e. The minimum absolute atomic E-state index is 0.0357. The van der Waals surface area contributed by atoms with Crippen molar-refractivity contribution in [3.05, 3.63) is 83.1 Å². The van der Waals surface area contributed by atoms with E-state index in [-0.39, 0.29) is 10.7 Å². The monoisotopic (exact) mass is 520 g/mol. The van der Waals surface area contributed by atoms with Gasteiger partial charge in [-0.3, -0.25) is 0 Å². The highest BCUT2D eigenvalue weighted by molar-refractivity contribution is 9.10. The molecule has 0 radical (unpaired) electrons. The Morgan fingerprint density at radius 1 is 0.967 bits per heavy atom. The minimum atomic E-state index is -3.78. The fourth-order valence-electron chi connectivity index (χ4n) is 2.77. The van der Waals surface area contributed by atoms with Gasteiger partial charge < -0.3 is 0 Å². The van der Waals surface area contributed by atoms with E-state index >= 15 is 0 Å². The standard InChI is InChI=1S/C21H14BrFN2O2S3/c22-15-2-1-3-17(12-15)28-21-25-19(13-6-10-18(11-7-13)30(24,26)27)20(29-21)14-4-8-16(23)9-5-14/h1-12H,(H2,24,26,27). The first kappa shape index (κ1) is 21.2. The molecule has 0 aliphatic heterocycles. The van der Waals surface area contributed by atoms with Gasteiger partial charge in [-0.15, -0.1) is 11.3 Å². The summed E-state index contributed by atoms with van der Waals surface area (Å²) in [5.41, 5.74) is 2.28. The van der Waals surface area contributed by atoms with Gasteiger partial charge in [0.2, 0.25) is 10.0 Å². The molecule has 0 spiro atoms. The SMILES string of the molecule is NS(=O)(=O)c1ccc(-c2nc(Sc3cccc(Br)c3)sc2-c2ccc(F)cc2)cc1. The van der Waals surface area contributed by atoms with Crippen LogP contribution in [0.1, 0.15) is 0 Å². The molecular weight excluding hydrogens is 507 g/mol. The number of primary sulfonamides is 1. The molecule has 4 nitrogen and oxygen atoms in total. The molecular formula is C21H14BrFN2O2S3. The van der Waals surface area contributed by atoms with Crippen LogP contribution >= 0.6 is 39.0 Å². The van der Waals surface area contributed by atoms with Crippen LogP contribution in [0.2, 0.25) is 0 Å². The molecule has 1 aromatic heterocycles. The molecule has 152 valence electrons. The van der Waals surface area contributed by atoms with E-state index in [1.54, 1.807) is 24.3 Å². The summed E-state index contributed by atoms with van der Waals surface area (Å²) in [4.78, 5) is 6.72.